The predicted molar refractivity (Wildman–Crippen MR) is 63.8 cm³/mol. The number of anilines is 1. The first-order valence-corrected chi connectivity index (χ1v) is 5.25. The van der Waals surface area contributed by atoms with Gasteiger partial charge >= 0.3 is 0 Å². The molecule has 0 aliphatic heterocycles. The first-order chi connectivity index (χ1) is 8.63. The molecule has 5 heteroatoms. The zero-order chi connectivity index (χ0) is 12.7. The molecule has 0 aliphatic carbocycles. The van der Waals surface area contributed by atoms with Gasteiger partial charge in [-0.2, -0.15) is 0 Å². The van der Waals surface area contributed by atoms with E-state index >= 15 is 0 Å². The topological polar surface area (TPSA) is 52.0 Å². The Labute approximate surface area is 101 Å². The van der Waals surface area contributed by atoms with Crippen LogP contribution in [0.15, 0.2) is 40.8 Å². The van der Waals surface area contributed by atoms with Gasteiger partial charge in [-0.3, -0.25) is 0 Å². The number of nitrogens with zero attached hydrogens (tertiary/aromatic N) is 1. The van der Waals surface area contributed by atoms with E-state index in [4.69, 9.17) is 10.2 Å². The van der Waals surface area contributed by atoms with Crippen molar-refractivity contribution in [3.05, 3.63) is 48.0 Å². The van der Waals surface area contributed by atoms with Crippen LogP contribution in [-0.2, 0) is 0 Å². The lowest BCUT2D eigenvalue weighted by atomic mass is 10.2. The van der Waals surface area contributed by atoms with Crippen molar-refractivity contribution in [2.45, 2.75) is 0 Å². The number of benzene rings is 2. The normalized spacial score (nSPS) is 11.0. The van der Waals surface area contributed by atoms with Crippen LogP contribution in [0, 0.1) is 11.6 Å². The SMILES string of the molecule is Nc1ccc(-c2nc3c(F)cc(F)cc3o2)cc1. The van der Waals surface area contributed by atoms with Crippen molar-refractivity contribution in [1.29, 1.82) is 0 Å². The summed E-state index contributed by atoms with van der Waals surface area (Å²) in [6.45, 7) is 0. The molecule has 2 N–H and O–H groups in total. The Morgan fingerprint density at radius 1 is 1.06 bits per heavy atom. The minimum absolute atomic E-state index is 0.0169. The van der Waals surface area contributed by atoms with E-state index in [9.17, 15) is 8.78 Å². The summed E-state index contributed by atoms with van der Waals surface area (Å²) in [5.41, 5.74) is 6.92. The molecule has 0 fully saturated rings. The van der Waals surface area contributed by atoms with Gasteiger partial charge < -0.3 is 10.2 Å². The van der Waals surface area contributed by atoms with Crippen LogP contribution < -0.4 is 5.73 Å². The molecular formula is C13H8F2N2O. The summed E-state index contributed by atoms with van der Waals surface area (Å²) in [5, 5.41) is 0. The number of hydrogen-bond acceptors (Lipinski definition) is 3. The summed E-state index contributed by atoms with van der Waals surface area (Å²) in [5.74, 6) is -1.20. The van der Waals surface area contributed by atoms with Crippen LogP contribution in [0.1, 0.15) is 0 Å². The maximum atomic E-state index is 13.5. The molecule has 2 aromatic carbocycles. The second-order valence-corrected chi connectivity index (χ2v) is 3.88. The molecular weight excluding hydrogens is 238 g/mol. The highest BCUT2D eigenvalue weighted by atomic mass is 19.1. The maximum absolute atomic E-state index is 13.5. The number of fused-ring (bicyclic) bond motifs is 1. The van der Waals surface area contributed by atoms with E-state index in [2.05, 4.69) is 4.98 Å². The lowest BCUT2D eigenvalue weighted by molar-refractivity contribution is 0.580. The number of nitrogens with two attached hydrogens (primary N) is 1. The van der Waals surface area contributed by atoms with Gasteiger partial charge in [-0.05, 0) is 24.3 Å². The standard InChI is InChI=1S/C13H8F2N2O/c14-8-5-10(15)12-11(6-8)18-13(17-12)7-1-3-9(16)4-2-7/h1-6H,16H2. The summed E-state index contributed by atoms with van der Waals surface area (Å²) < 4.78 is 31.8. The zero-order valence-electron chi connectivity index (χ0n) is 9.15. The smallest absolute Gasteiger partial charge is 0.227 e. The summed E-state index contributed by atoms with van der Waals surface area (Å²) in [4.78, 5) is 4.00. The van der Waals surface area contributed by atoms with Gasteiger partial charge in [0.15, 0.2) is 11.4 Å². The second kappa shape index (κ2) is 3.80. The maximum Gasteiger partial charge on any atom is 0.227 e. The third kappa shape index (κ3) is 1.69. The molecule has 0 spiro atoms. The molecule has 1 heterocycles. The lowest BCUT2D eigenvalue weighted by Gasteiger charge is -1.95. The summed E-state index contributed by atoms with van der Waals surface area (Å²) >= 11 is 0. The highest BCUT2D eigenvalue weighted by Gasteiger charge is 2.13. The lowest BCUT2D eigenvalue weighted by Crippen LogP contribution is -1.84. The van der Waals surface area contributed by atoms with E-state index in [1.165, 1.54) is 0 Å². The molecule has 90 valence electrons. The van der Waals surface area contributed by atoms with Gasteiger partial charge in [0, 0.05) is 23.4 Å². The Balaban J connectivity index is 2.19. The largest absolute Gasteiger partial charge is 0.436 e. The average molecular weight is 246 g/mol. The fraction of sp³-hybridized carbons (Fsp3) is 0. The van der Waals surface area contributed by atoms with E-state index in [0.29, 0.717) is 11.3 Å². The Hall–Kier alpha value is -2.43. The molecule has 18 heavy (non-hydrogen) atoms. The van der Waals surface area contributed by atoms with Crippen LogP contribution in [0.5, 0.6) is 0 Å². The Morgan fingerprint density at radius 3 is 2.50 bits per heavy atom. The van der Waals surface area contributed by atoms with Crippen LogP contribution in [0.3, 0.4) is 0 Å². The van der Waals surface area contributed by atoms with Gasteiger partial charge in [0.25, 0.3) is 0 Å². The van der Waals surface area contributed by atoms with Crippen molar-refractivity contribution in [1.82, 2.24) is 4.98 Å². The third-order valence-corrected chi connectivity index (χ3v) is 2.57. The van der Waals surface area contributed by atoms with Gasteiger partial charge in [0.05, 0.1) is 0 Å². The van der Waals surface area contributed by atoms with Crippen LogP contribution in [0.4, 0.5) is 14.5 Å². The number of rotatable bonds is 1. The van der Waals surface area contributed by atoms with Gasteiger partial charge in [-0.15, -0.1) is 0 Å². The molecule has 0 atom stereocenters. The Bertz CT molecular complexity index is 720. The molecule has 0 bridgehead atoms. The number of oxazole rings is 1. The molecule has 0 saturated carbocycles. The Morgan fingerprint density at radius 2 is 1.78 bits per heavy atom. The average Bonchev–Trinajstić information content (AvgIpc) is 2.74. The molecule has 0 amide bonds. The van der Waals surface area contributed by atoms with Gasteiger partial charge in [-0.1, -0.05) is 0 Å². The highest BCUT2D eigenvalue weighted by Crippen LogP contribution is 2.26. The van der Waals surface area contributed by atoms with Crippen LogP contribution >= 0.6 is 0 Å². The number of aromatic nitrogens is 1. The summed E-state index contributed by atoms with van der Waals surface area (Å²) in [7, 11) is 0. The van der Waals surface area contributed by atoms with E-state index < -0.39 is 11.6 Å². The fourth-order valence-corrected chi connectivity index (χ4v) is 1.71. The minimum Gasteiger partial charge on any atom is -0.436 e. The summed E-state index contributed by atoms with van der Waals surface area (Å²) in [6.07, 6.45) is 0. The van der Waals surface area contributed by atoms with Crippen LogP contribution in [0.2, 0.25) is 0 Å². The van der Waals surface area contributed by atoms with Gasteiger partial charge in [0.1, 0.15) is 11.3 Å². The van der Waals surface area contributed by atoms with Crippen molar-refractivity contribution < 1.29 is 13.2 Å². The molecule has 0 saturated heterocycles. The van der Waals surface area contributed by atoms with E-state index in [1.807, 2.05) is 0 Å². The fourth-order valence-electron chi connectivity index (χ4n) is 1.71. The van der Waals surface area contributed by atoms with E-state index in [-0.39, 0.29) is 17.0 Å². The van der Waals surface area contributed by atoms with E-state index in [0.717, 1.165) is 12.1 Å². The van der Waals surface area contributed by atoms with Crippen LogP contribution in [-0.4, -0.2) is 4.98 Å². The number of hydrogen-bond donors (Lipinski definition) is 1. The molecule has 0 aliphatic rings. The Kier molecular flexibility index (Phi) is 2.26. The molecule has 3 nitrogen and oxygen atoms in total. The zero-order valence-corrected chi connectivity index (χ0v) is 9.15. The molecule has 3 aromatic rings. The van der Waals surface area contributed by atoms with Crippen molar-refractivity contribution in [2.75, 3.05) is 5.73 Å². The molecule has 0 unspecified atom stereocenters. The first-order valence-electron chi connectivity index (χ1n) is 5.25. The first kappa shape index (κ1) is 10.7. The van der Waals surface area contributed by atoms with Crippen molar-refractivity contribution in [3.8, 4) is 11.5 Å². The molecule has 1 aromatic heterocycles. The van der Waals surface area contributed by atoms with Crippen molar-refractivity contribution >= 4 is 16.8 Å². The van der Waals surface area contributed by atoms with Gasteiger partial charge in [0.2, 0.25) is 5.89 Å². The van der Waals surface area contributed by atoms with Gasteiger partial charge in [-0.25, -0.2) is 13.8 Å². The minimum atomic E-state index is -0.740. The highest BCUT2D eigenvalue weighted by molar-refractivity contribution is 5.77. The van der Waals surface area contributed by atoms with Crippen molar-refractivity contribution in [3.63, 3.8) is 0 Å². The second-order valence-electron chi connectivity index (χ2n) is 3.88. The van der Waals surface area contributed by atoms with Crippen LogP contribution in [0.25, 0.3) is 22.6 Å². The third-order valence-electron chi connectivity index (χ3n) is 2.57. The summed E-state index contributed by atoms with van der Waals surface area (Å²) in [6, 6.07) is 8.65. The quantitative estimate of drug-likeness (QED) is 0.670. The molecule has 3 rings (SSSR count). The predicted octanol–water partition coefficient (Wildman–Crippen LogP) is 3.36. The monoisotopic (exact) mass is 246 g/mol. The number of halogens is 2. The van der Waals surface area contributed by atoms with E-state index in [1.54, 1.807) is 24.3 Å². The number of nitrogen functional groups attached to an aromatic ring is 1. The molecule has 0 radical (unpaired) electrons. The van der Waals surface area contributed by atoms with Crippen molar-refractivity contribution in [2.24, 2.45) is 0 Å².